The Morgan fingerprint density at radius 1 is 1.60 bits per heavy atom. The van der Waals surface area contributed by atoms with E-state index in [4.69, 9.17) is 20.8 Å². The van der Waals surface area contributed by atoms with Crippen molar-refractivity contribution in [2.24, 2.45) is 0 Å². The van der Waals surface area contributed by atoms with Crippen LogP contribution in [0.25, 0.3) is 0 Å². The van der Waals surface area contributed by atoms with E-state index in [0.29, 0.717) is 18.1 Å². The van der Waals surface area contributed by atoms with Crippen LogP contribution in [0.2, 0.25) is 5.22 Å². The summed E-state index contributed by atoms with van der Waals surface area (Å²) in [6.45, 7) is 0.854. The Bertz CT molecular complexity index is 305. The van der Waals surface area contributed by atoms with Crippen LogP contribution >= 0.6 is 11.6 Å². The Balaban J connectivity index is 1.81. The largest absolute Gasteiger partial charge is 0.453 e. The lowest BCUT2D eigenvalue weighted by molar-refractivity contribution is 0.0811. The molecule has 1 aromatic heterocycles. The fraction of sp³-hybridized carbons (Fsp3) is 0.636. The zero-order valence-corrected chi connectivity index (χ0v) is 9.24. The Hall–Kier alpha value is -0.510. The van der Waals surface area contributed by atoms with Gasteiger partial charge in [0.1, 0.15) is 0 Å². The lowest BCUT2D eigenvalue weighted by Crippen LogP contribution is -2.07. The molecule has 84 valence electrons. The van der Waals surface area contributed by atoms with Gasteiger partial charge in [-0.2, -0.15) is 0 Å². The third-order valence-corrected chi connectivity index (χ3v) is 3.10. The van der Waals surface area contributed by atoms with E-state index in [0.717, 1.165) is 25.9 Å². The van der Waals surface area contributed by atoms with E-state index in [9.17, 15) is 5.11 Å². The van der Waals surface area contributed by atoms with Gasteiger partial charge in [0.2, 0.25) is 0 Å². The van der Waals surface area contributed by atoms with Gasteiger partial charge in [0, 0.05) is 12.2 Å². The molecular formula is C11H15ClO3. The first kappa shape index (κ1) is 11.0. The number of aliphatic hydroxyl groups excluding tert-OH is 1. The van der Waals surface area contributed by atoms with Crippen molar-refractivity contribution in [1.29, 1.82) is 0 Å². The van der Waals surface area contributed by atoms with Crippen molar-refractivity contribution in [2.75, 3.05) is 6.61 Å². The minimum Gasteiger partial charge on any atom is -0.453 e. The predicted octanol–water partition coefficient (Wildman–Crippen LogP) is 2.93. The molecule has 0 radical (unpaired) electrons. The molecule has 0 saturated carbocycles. The van der Waals surface area contributed by atoms with Crippen LogP contribution in [0.5, 0.6) is 0 Å². The third-order valence-electron chi connectivity index (χ3n) is 2.79. The van der Waals surface area contributed by atoms with Gasteiger partial charge in [-0.25, -0.2) is 0 Å². The molecule has 0 bridgehead atoms. The first-order valence-corrected chi connectivity index (χ1v) is 5.67. The second-order valence-electron chi connectivity index (χ2n) is 3.88. The van der Waals surface area contributed by atoms with Gasteiger partial charge in [0.05, 0.1) is 18.5 Å². The molecule has 1 N–H and O–H groups in total. The van der Waals surface area contributed by atoms with E-state index in [1.807, 2.05) is 0 Å². The van der Waals surface area contributed by atoms with Gasteiger partial charge in [0.15, 0.2) is 5.22 Å². The maximum absolute atomic E-state index is 9.85. The van der Waals surface area contributed by atoms with Gasteiger partial charge in [-0.3, -0.25) is 0 Å². The summed E-state index contributed by atoms with van der Waals surface area (Å²) in [4.78, 5) is 0. The summed E-state index contributed by atoms with van der Waals surface area (Å²) in [7, 11) is 0. The van der Waals surface area contributed by atoms with Crippen LogP contribution in [0.3, 0.4) is 0 Å². The fourth-order valence-corrected chi connectivity index (χ4v) is 2.15. The topological polar surface area (TPSA) is 42.6 Å². The van der Waals surface area contributed by atoms with E-state index >= 15 is 0 Å². The van der Waals surface area contributed by atoms with Crippen LogP contribution in [0.1, 0.15) is 37.4 Å². The third kappa shape index (κ3) is 2.74. The molecule has 1 saturated heterocycles. The SMILES string of the molecule is OC(CCC1CCCO1)c1ccoc1Cl. The molecule has 15 heavy (non-hydrogen) atoms. The van der Waals surface area contributed by atoms with Crippen molar-refractivity contribution < 1.29 is 14.3 Å². The molecule has 0 aliphatic carbocycles. The smallest absolute Gasteiger partial charge is 0.198 e. The zero-order valence-electron chi connectivity index (χ0n) is 8.49. The molecule has 1 fully saturated rings. The molecule has 1 aromatic rings. The average Bonchev–Trinajstić information content (AvgIpc) is 2.84. The van der Waals surface area contributed by atoms with Crippen molar-refractivity contribution in [3.8, 4) is 0 Å². The summed E-state index contributed by atoms with van der Waals surface area (Å²) in [5.74, 6) is 0. The molecule has 0 spiro atoms. The highest BCUT2D eigenvalue weighted by Gasteiger charge is 2.19. The van der Waals surface area contributed by atoms with Gasteiger partial charge in [-0.1, -0.05) is 0 Å². The molecule has 0 aromatic carbocycles. The molecule has 3 nitrogen and oxygen atoms in total. The summed E-state index contributed by atoms with van der Waals surface area (Å²) >= 11 is 5.77. The molecule has 2 rings (SSSR count). The summed E-state index contributed by atoms with van der Waals surface area (Å²) in [5, 5.41) is 10.1. The number of hydrogen-bond donors (Lipinski definition) is 1. The Morgan fingerprint density at radius 2 is 2.47 bits per heavy atom. The molecule has 2 unspecified atom stereocenters. The Morgan fingerprint density at radius 3 is 3.07 bits per heavy atom. The Labute approximate surface area is 94.0 Å². The molecule has 1 aliphatic heterocycles. The van der Waals surface area contributed by atoms with E-state index in [1.165, 1.54) is 6.26 Å². The number of halogens is 1. The first-order valence-electron chi connectivity index (χ1n) is 5.30. The molecule has 4 heteroatoms. The monoisotopic (exact) mass is 230 g/mol. The van der Waals surface area contributed by atoms with Crippen molar-refractivity contribution in [3.63, 3.8) is 0 Å². The zero-order chi connectivity index (χ0) is 10.7. The highest BCUT2D eigenvalue weighted by molar-refractivity contribution is 6.29. The first-order chi connectivity index (χ1) is 7.27. The summed E-state index contributed by atoms with van der Waals surface area (Å²) < 4.78 is 10.4. The predicted molar refractivity (Wildman–Crippen MR) is 56.9 cm³/mol. The lowest BCUT2D eigenvalue weighted by Gasteiger charge is -2.12. The quantitative estimate of drug-likeness (QED) is 0.865. The summed E-state index contributed by atoms with van der Waals surface area (Å²) in [6.07, 6.45) is 5.05. The standard InChI is InChI=1S/C11H15ClO3/c12-11-9(5-7-15-11)10(13)4-3-8-2-1-6-14-8/h5,7-8,10,13H,1-4,6H2. The van der Waals surface area contributed by atoms with E-state index in [-0.39, 0.29) is 5.22 Å². The maximum atomic E-state index is 9.85. The molecular weight excluding hydrogens is 216 g/mol. The van der Waals surface area contributed by atoms with Gasteiger partial charge < -0.3 is 14.3 Å². The van der Waals surface area contributed by atoms with Crippen LogP contribution in [-0.4, -0.2) is 17.8 Å². The van der Waals surface area contributed by atoms with Crippen molar-refractivity contribution in [1.82, 2.24) is 0 Å². The van der Waals surface area contributed by atoms with Crippen LogP contribution in [0.15, 0.2) is 16.7 Å². The maximum Gasteiger partial charge on any atom is 0.198 e. The summed E-state index contributed by atoms with van der Waals surface area (Å²) in [6, 6.07) is 1.71. The second-order valence-corrected chi connectivity index (χ2v) is 4.22. The highest BCUT2D eigenvalue weighted by atomic mass is 35.5. The molecule has 2 heterocycles. The number of furan rings is 1. The lowest BCUT2D eigenvalue weighted by atomic mass is 10.0. The number of aliphatic hydroxyl groups is 1. The normalized spacial score (nSPS) is 23.2. The summed E-state index contributed by atoms with van der Waals surface area (Å²) in [5.41, 5.74) is 0.676. The van der Waals surface area contributed by atoms with Crippen LogP contribution in [-0.2, 0) is 4.74 Å². The minimum atomic E-state index is -0.541. The fourth-order valence-electron chi connectivity index (χ4n) is 1.91. The van der Waals surface area contributed by atoms with Gasteiger partial charge >= 0.3 is 0 Å². The van der Waals surface area contributed by atoms with Crippen LogP contribution in [0, 0.1) is 0 Å². The van der Waals surface area contributed by atoms with Gasteiger partial charge in [0.25, 0.3) is 0 Å². The molecule has 0 amide bonds. The van der Waals surface area contributed by atoms with Crippen molar-refractivity contribution in [3.05, 3.63) is 23.1 Å². The van der Waals surface area contributed by atoms with Gasteiger partial charge in [-0.15, -0.1) is 0 Å². The molecule has 1 aliphatic rings. The van der Waals surface area contributed by atoms with Crippen molar-refractivity contribution >= 4 is 11.6 Å². The Kier molecular flexibility index (Phi) is 3.67. The number of hydrogen-bond acceptors (Lipinski definition) is 3. The van der Waals surface area contributed by atoms with E-state index in [1.54, 1.807) is 6.07 Å². The second kappa shape index (κ2) is 5.01. The van der Waals surface area contributed by atoms with E-state index < -0.39 is 6.10 Å². The molecule has 2 atom stereocenters. The van der Waals surface area contributed by atoms with Crippen LogP contribution < -0.4 is 0 Å². The van der Waals surface area contributed by atoms with Crippen molar-refractivity contribution in [2.45, 2.75) is 37.9 Å². The van der Waals surface area contributed by atoms with Gasteiger partial charge in [-0.05, 0) is 43.4 Å². The number of rotatable bonds is 4. The van der Waals surface area contributed by atoms with Crippen LogP contribution in [0.4, 0.5) is 0 Å². The minimum absolute atomic E-state index is 0.287. The highest BCUT2D eigenvalue weighted by Crippen LogP contribution is 2.29. The average molecular weight is 231 g/mol. The number of ether oxygens (including phenoxy) is 1. The van der Waals surface area contributed by atoms with E-state index in [2.05, 4.69) is 0 Å².